The van der Waals surface area contributed by atoms with E-state index >= 15 is 0 Å². The molecule has 0 saturated heterocycles. The van der Waals surface area contributed by atoms with Gasteiger partial charge in [-0.05, 0) is 50.3 Å². The lowest BCUT2D eigenvalue weighted by atomic mass is 9.93. The molecule has 1 aliphatic carbocycles. The molecule has 0 bridgehead atoms. The molecule has 0 aromatic heterocycles. The second kappa shape index (κ2) is 8.17. The predicted octanol–water partition coefficient (Wildman–Crippen LogP) is 1.76. The number of aliphatic hydroxyl groups excluding tert-OH is 2. The van der Waals surface area contributed by atoms with E-state index in [1.54, 1.807) is 17.0 Å². The summed E-state index contributed by atoms with van der Waals surface area (Å²) in [4.78, 5) is 13.9. The molecule has 23 heavy (non-hydrogen) atoms. The van der Waals surface area contributed by atoms with Gasteiger partial charge in [0.25, 0.3) is 0 Å². The summed E-state index contributed by atoms with van der Waals surface area (Å²) in [5, 5.41) is 32.2. The van der Waals surface area contributed by atoms with Crippen LogP contribution in [0.15, 0.2) is 24.3 Å². The first kappa shape index (κ1) is 17.6. The largest absolute Gasteiger partial charge is 0.508 e. The highest BCUT2D eigenvalue weighted by molar-refractivity contribution is 5.74. The van der Waals surface area contributed by atoms with Crippen molar-refractivity contribution >= 4 is 6.03 Å². The minimum Gasteiger partial charge on any atom is -0.508 e. The van der Waals surface area contributed by atoms with Crippen molar-refractivity contribution in [2.45, 2.75) is 50.9 Å². The molecule has 1 aromatic rings. The number of hydrogen-bond acceptors (Lipinski definition) is 4. The Bertz CT molecular complexity index is 515. The average Bonchev–Trinajstić information content (AvgIpc) is 2.54. The molecular weight excluding hydrogens is 296 g/mol. The minimum absolute atomic E-state index is 0.0814. The van der Waals surface area contributed by atoms with Crippen LogP contribution in [-0.4, -0.2) is 51.5 Å². The molecule has 1 atom stereocenters. The highest BCUT2D eigenvalue weighted by Crippen LogP contribution is 2.20. The number of urea groups is 1. The predicted molar refractivity (Wildman–Crippen MR) is 87.1 cm³/mol. The van der Waals surface area contributed by atoms with Gasteiger partial charge in [0.15, 0.2) is 0 Å². The van der Waals surface area contributed by atoms with Crippen molar-refractivity contribution in [3.05, 3.63) is 29.8 Å². The van der Waals surface area contributed by atoms with E-state index in [0.717, 1.165) is 12.8 Å². The number of benzene rings is 1. The molecule has 0 heterocycles. The number of aromatic hydroxyl groups is 1. The van der Waals surface area contributed by atoms with Crippen molar-refractivity contribution in [1.29, 1.82) is 0 Å². The van der Waals surface area contributed by atoms with Gasteiger partial charge < -0.3 is 25.5 Å². The first-order chi connectivity index (χ1) is 11.0. The Hall–Kier alpha value is -1.79. The highest BCUT2D eigenvalue weighted by atomic mass is 16.3. The van der Waals surface area contributed by atoms with E-state index in [1.807, 2.05) is 6.92 Å². The van der Waals surface area contributed by atoms with Crippen LogP contribution in [0.5, 0.6) is 5.75 Å². The lowest BCUT2D eigenvalue weighted by Gasteiger charge is -2.30. The van der Waals surface area contributed by atoms with Crippen LogP contribution >= 0.6 is 0 Å². The molecule has 1 aromatic carbocycles. The summed E-state index contributed by atoms with van der Waals surface area (Å²) >= 11 is 0. The summed E-state index contributed by atoms with van der Waals surface area (Å²) in [6.45, 7) is 2.51. The third-order valence-corrected chi connectivity index (χ3v) is 4.34. The second-order valence-electron chi connectivity index (χ2n) is 6.10. The molecule has 1 unspecified atom stereocenters. The van der Waals surface area contributed by atoms with E-state index in [-0.39, 0.29) is 30.5 Å². The zero-order valence-corrected chi connectivity index (χ0v) is 13.5. The zero-order chi connectivity index (χ0) is 16.8. The van der Waals surface area contributed by atoms with E-state index in [9.17, 15) is 20.1 Å². The van der Waals surface area contributed by atoms with E-state index < -0.39 is 6.10 Å². The number of likely N-dealkylation sites (N-methyl/N-ethyl adjacent to an activating group) is 1. The van der Waals surface area contributed by atoms with Crippen LogP contribution in [0.2, 0.25) is 0 Å². The van der Waals surface area contributed by atoms with Crippen molar-refractivity contribution < 1.29 is 20.1 Å². The van der Waals surface area contributed by atoms with Crippen molar-refractivity contribution in [3.8, 4) is 5.75 Å². The topological polar surface area (TPSA) is 93.0 Å². The Morgan fingerprint density at radius 2 is 2.04 bits per heavy atom. The summed E-state index contributed by atoms with van der Waals surface area (Å²) in [5.41, 5.74) is 0.581. The van der Waals surface area contributed by atoms with Crippen LogP contribution in [0.1, 0.15) is 44.3 Å². The van der Waals surface area contributed by atoms with Crippen LogP contribution in [0, 0.1) is 0 Å². The molecule has 0 aliphatic heterocycles. The smallest absolute Gasteiger partial charge is 0.317 e. The van der Waals surface area contributed by atoms with Gasteiger partial charge in [-0.3, -0.25) is 0 Å². The molecule has 4 N–H and O–H groups in total. The van der Waals surface area contributed by atoms with Crippen molar-refractivity contribution in [3.63, 3.8) is 0 Å². The van der Waals surface area contributed by atoms with Crippen LogP contribution in [0.3, 0.4) is 0 Å². The maximum Gasteiger partial charge on any atom is 0.317 e. The standard InChI is InChI=1S/C17H26N2O4/c1-2-19(11-16(22)12-4-3-5-15(21)10-12)17(23)18-13-6-8-14(20)9-7-13/h3-5,10,13-14,16,20-22H,2,6-9,11H2,1H3,(H,18,23). The molecular formula is C17H26N2O4. The fourth-order valence-corrected chi connectivity index (χ4v) is 2.89. The third-order valence-electron chi connectivity index (χ3n) is 4.34. The van der Waals surface area contributed by atoms with E-state index in [2.05, 4.69) is 5.32 Å². The summed E-state index contributed by atoms with van der Waals surface area (Å²) in [6, 6.07) is 6.30. The van der Waals surface area contributed by atoms with Gasteiger partial charge in [-0.1, -0.05) is 12.1 Å². The Balaban J connectivity index is 1.89. The quantitative estimate of drug-likeness (QED) is 0.664. The number of aliphatic hydroxyl groups is 2. The molecule has 2 amide bonds. The average molecular weight is 322 g/mol. The van der Waals surface area contributed by atoms with Crippen molar-refractivity contribution in [2.75, 3.05) is 13.1 Å². The van der Waals surface area contributed by atoms with Crippen LogP contribution in [0.25, 0.3) is 0 Å². The fraction of sp³-hybridized carbons (Fsp3) is 0.588. The van der Waals surface area contributed by atoms with Gasteiger partial charge in [0.05, 0.1) is 18.8 Å². The summed E-state index contributed by atoms with van der Waals surface area (Å²) < 4.78 is 0. The third kappa shape index (κ3) is 5.11. The number of nitrogens with one attached hydrogen (secondary N) is 1. The molecule has 1 aliphatic rings. The molecule has 0 radical (unpaired) electrons. The minimum atomic E-state index is -0.846. The van der Waals surface area contributed by atoms with Gasteiger partial charge in [0.1, 0.15) is 5.75 Å². The molecule has 2 rings (SSSR count). The molecule has 1 fully saturated rings. The van der Waals surface area contributed by atoms with Crippen molar-refractivity contribution in [1.82, 2.24) is 10.2 Å². The number of phenolic OH excluding ortho intramolecular Hbond substituents is 1. The number of carbonyl (C=O) groups excluding carboxylic acids is 1. The Morgan fingerprint density at radius 1 is 1.35 bits per heavy atom. The zero-order valence-electron chi connectivity index (χ0n) is 13.5. The molecule has 6 heteroatoms. The number of amides is 2. The fourth-order valence-electron chi connectivity index (χ4n) is 2.89. The molecule has 0 spiro atoms. The van der Waals surface area contributed by atoms with Crippen LogP contribution < -0.4 is 5.32 Å². The molecule has 6 nitrogen and oxygen atoms in total. The van der Waals surface area contributed by atoms with E-state index in [4.69, 9.17) is 0 Å². The van der Waals surface area contributed by atoms with Gasteiger partial charge in [-0.2, -0.15) is 0 Å². The van der Waals surface area contributed by atoms with Gasteiger partial charge in [0.2, 0.25) is 0 Å². The second-order valence-corrected chi connectivity index (χ2v) is 6.10. The lowest BCUT2D eigenvalue weighted by Crippen LogP contribution is -2.47. The number of nitrogens with zero attached hydrogens (tertiary/aromatic N) is 1. The van der Waals surface area contributed by atoms with Crippen molar-refractivity contribution in [2.24, 2.45) is 0 Å². The normalized spacial score (nSPS) is 22.4. The Morgan fingerprint density at radius 3 is 2.65 bits per heavy atom. The first-order valence-electron chi connectivity index (χ1n) is 8.20. The Labute approximate surface area is 136 Å². The van der Waals surface area contributed by atoms with Crippen LogP contribution in [0.4, 0.5) is 4.79 Å². The van der Waals surface area contributed by atoms with Crippen LogP contribution in [-0.2, 0) is 0 Å². The van der Waals surface area contributed by atoms with E-state index in [1.165, 1.54) is 12.1 Å². The number of phenols is 1. The van der Waals surface area contributed by atoms with E-state index in [0.29, 0.717) is 24.9 Å². The first-order valence-corrected chi connectivity index (χ1v) is 8.20. The molecule has 1 saturated carbocycles. The molecule has 128 valence electrons. The SMILES string of the molecule is CCN(CC(O)c1cccc(O)c1)C(=O)NC1CCC(O)CC1. The maximum absolute atomic E-state index is 12.3. The van der Waals surface area contributed by atoms with Gasteiger partial charge >= 0.3 is 6.03 Å². The summed E-state index contributed by atoms with van der Waals surface area (Å²) in [5.74, 6) is 0.0924. The maximum atomic E-state index is 12.3. The highest BCUT2D eigenvalue weighted by Gasteiger charge is 2.24. The Kier molecular flexibility index (Phi) is 6.24. The number of carbonyl (C=O) groups is 1. The summed E-state index contributed by atoms with van der Waals surface area (Å²) in [6.07, 6.45) is 1.88. The number of hydrogen-bond donors (Lipinski definition) is 4. The lowest BCUT2D eigenvalue weighted by molar-refractivity contribution is 0.107. The van der Waals surface area contributed by atoms with Gasteiger partial charge in [0, 0.05) is 12.6 Å². The monoisotopic (exact) mass is 322 g/mol. The van der Waals surface area contributed by atoms with Gasteiger partial charge in [-0.25, -0.2) is 4.79 Å². The number of rotatable bonds is 5. The van der Waals surface area contributed by atoms with Gasteiger partial charge in [-0.15, -0.1) is 0 Å². The summed E-state index contributed by atoms with van der Waals surface area (Å²) in [7, 11) is 0.